The number of nitrogens with zero attached hydrogens (tertiary/aromatic N) is 1. The van der Waals surface area contributed by atoms with Gasteiger partial charge in [-0.15, -0.1) is 0 Å². The second-order valence-corrected chi connectivity index (χ2v) is 16.1. The van der Waals surface area contributed by atoms with Crippen LogP contribution in [0, 0.1) is 0 Å². The van der Waals surface area contributed by atoms with Crippen LogP contribution in [0.25, 0.3) is 0 Å². The Hall–Kier alpha value is -1.16. The molecular formula is C21H39NO4Si2. The molecule has 0 saturated carbocycles. The fraction of sp³-hybridized carbons (Fsp3) is 0.667. The molecule has 0 N–H and O–H groups in total. The zero-order chi connectivity index (χ0) is 21.2. The van der Waals surface area contributed by atoms with Crippen molar-refractivity contribution in [2.45, 2.75) is 71.9 Å². The maximum absolute atomic E-state index is 12.4. The van der Waals surface area contributed by atoms with E-state index in [0.29, 0.717) is 6.61 Å². The van der Waals surface area contributed by atoms with E-state index in [1.165, 1.54) is 0 Å². The molecule has 0 radical (unpaired) electrons. The second kappa shape index (κ2) is 11.8. The van der Waals surface area contributed by atoms with Gasteiger partial charge < -0.3 is 18.2 Å². The maximum atomic E-state index is 12.4. The van der Waals surface area contributed by atoms with Crippen molar-refractivity contribution in [3.05, 3.63) is 30.3 Å². The van der Waals surface area contributed by atoms with Crippen LogP contribution in [-0.2, 0) is 18.1 Å². The van der Waals surface area contributed by atoms with E-state index >= 15 is 0 Å². The van der Waals surface area contributed by atoms with Crippen molar-refractivity contribution in [3.8, 4) is 0 Å². The van der Waals surface area contributed by atoms with E-state index in [-0.39, 0.29) is 18.6 Å². The van der Waals surface area contributed by atoms with Crippen LogP contribution in [0.5, 0.6) is 0 Å². The lowest BCUT2D eigenvalue weighted by atomic mass is 10.2. The van der Waals surface area contributed by atoms with Crippen LogP contribution in [0.2, 0.25) is 32.2 Å². The van der Waals surface area contributed by atoms with Crippen molar-refractivity contribution < 1.29 is 18.1 Å². The van der Waals surface area contributed by atoms with Crippen molar-refractivity contribution in [2.75, 3.05) is 24.6 Å². The Labute approximate surface area is 173 Å². The molecule has 7 heteroatoms. The molecule has 160 valence electrons. The molecule has 0 fully saturated rings. The first-order valence-electron chi connectivity index (χ1n) is 10.4. The first kappa shape index (κ1) is 24.9. The molecular weight excluding hydrogens is 386 g/mol. The highest BCUT2D eigenvalue weighted by atomic mass is 28.4. The zero-order valence-corrected chi connectivity index (χ0v) is 20.8. The van der Waals surface area contributed by atoms with Gasteiger partial charge in [-0.25, -0.2) is 0 Å². The van der Waals surface area contributed by atoms with Crippen LogP contribution in [0.1, 0.15) is 33.6 Å². The number of hydrogen-bond donors (Lipinski definition) is 0. The molecule has 0 saturated heterocycles. The van der Waals surface area contributed by atoms with E-state index in [1.807, 2.05) is 56.9 Å². The Kier molecular flexibility index (Phi) is 10.4. The minimum atomic E-state index is -2.22. The molecule has 2 atom stereocenters. The summed E-state index contributed by atoms with van der Waals surface area (Å²) in [6.45, 7) is 16.2. The lowest BCUT2D eigenvalue weighted by Gasteiger charge is -2.31. The summed E-state index contributed by atoms with van der Waals surface area (Å²) in [6, 6.07) is 11.0. The predicted octanol–water partition coefficient (Wildman–Crippen LogP) is 5.18. The fourth-order valence-corrected chi connectivity index (χ4v) is 6.54. The number of carbonyl (C=O) groups is 1. The first-order valence-corrected chi connectivity index (χ1v) is 16.4. The Balaban J connectivity index is 2.76. The summed E-state index contributed by atoms with van der Waals surface area (Å²) in [5.41, 5.74) is 1.04. The molecule has 1 aromatic rings. The highest BCUT2D eigenvalue weighted by molar-refractivity contribution is 6.71. The molecule has 0 bridgehead atoms. The van der Waals surface area contributed by atoms with Gasteiger partial charge in [-0.3, -0.25) is 4.79 Å². The summed E-state index contributed by atoms with van der Waals surface area (Å²) in [5, 5.41) is 0. The Bertz CT molecular complexity index is 580. The summed E-state index contributed by atoms with van der Waals surface area (Å²) < 4.78 is 18.0. The third-order valence-electron chi connectivity index (χ3n) is 4.40. The lowest BCUT2D eigenvalue weighted by Crippen LogP contribution is -2.42. The van der Waals surface area contributed by atoms with Gasteiger partial charge in [0.25, 0.3) is 0 Å². The zero-order valence-electron chi connectivity index (χ0n) is 18.8. The minimum Gasteiger partial charge on any atom is -0.519 e. The molecule has 0 spiro atoms. The van der Waals surface area contributed by atoms with Gasteiger partial charge in [-0.1, -0.05) is 25.1 Å². The van der Waals surface area contributed by atoms with Crippen molar-refractivity contribution in [1.82, 2.24) is 0 Å². The first-order chi connectivity index (χ1) is 13.1. The number of para-hydroxylation sites is 1. The van der Waals surface area contributed by atoms with Crippen LogP contribution in [0.3, 0.4) is 0 Å². The third-order valence-corrected chi connectivity index (χ3v) is 8.30. The van der Waals surface area contributed by atoms with Crippen LogP contribution in [0.15, 0.2) is 30.3 Å². The van der Waals surface area contributed by atoms with E-state index < -0.39 is 16.9 Å². The summed E-state index contributed by atoms with van der Waals surface area (Å²) in [4.78, 5) is 14.5. The Morgan fingerprint density at radius 2 is 1.75 bits per heavy atom. The van der Waals surface area contributed by atoms with E-state index in [4.69, 9.17) is 13.3 Å². The van der Waals surface area contributed by atoms with E-state index in [2.05, 4.69) is 25.3 Å². The van der Waals surface area contributed by atoms with Crippen LogP contribution in [-0.4, -0.2) is 48.6 Å². The second-order valence-electron chi connectivity index (χ2n) is 8.35. The number of rotatable bonds is 13. The molecule has 0 heterocycles. The van der Waals surface area contributed by atoms with E-state index in [1.54, 1.807) is 0 Å². The lowest BCUT2D eigenvalue weighted by molar-refractivity contribution is -0.133. The highest BCUT2D eigenvalue weighted by Crippen LogP contribution is 2.21. The van der Waals surface area contributed by atoms with Gasteiger partial charge >= 0.3 is 14.5 Å². The smallest absolute Gasteiger partial charge is 0.335 e. The Morgan fingerprint density at radius 1 is 1.11 bits per heavy atom. The third kappa shape index (κ3) is 9.86. The van der Waals surface area contributed by atoms with Gasteiger partial charge in [-0.05, 0) is 71.1 Å². The van der Waals surface area contributed by atoms with Crippen LogP contribution >= 0.6 is 0 Å². The molecule has 28 heavy (non-hydrogen) atoms. The molecule has 0 aromatic heterocycles. The highest BCUT2D eigenvalue weighted by Gasteiger charge is 2.32. The standard InChI is InChI=1S/C21H39NO4Si2/c1-8-19(3)25-28(7,24-9-2)17-13-16-22(20-14-11-10-12-15-20)18-21(23)26-27(4,5)6/h10-12,14-15,19H,8-9,13,16-18H2,1-7H3. The molecule has 0 aliphatic rings. The molecule has 1 rings (SSSR count). The van der Waals surface area contributed by atoms with Gasteiger partial charge in [-0.2, -0.15) is 0 Å². The summed E-state index contributed by atoms with van der Waals surface area (Å²) >= 11 is 0. The normalized spacial score (nSPS) is 15.0. The summed E-state index contributed by atoms with van der Waals surface area (Å²) in [6.07, 6.45) is 2.10. The van der Waals surface area contributed by atoms with Gasteiger partial charge in [0.15, 0.2) is 0 Å². The van der Waals surface area contributed by atoms with E-state index in [0.717, 1.165) is 31.1 Å². The van der Waals surface area contributed by atoms with Gasteiger partial charge in [0, 0.05) is 24.9 Å². The van der Waals surface area contributed by atoms with Crippen molar-refractivity contribution >= 4 is 28.5 Å². The molecule has 0 aliphatic heterocycles. The largest absolute Gasteiger partial charge is 0.519 e. The number of anilines is 1. The molecule has 1 aromatic carbocycles. The molecule has 0 aliphatic carbocycles. The fourth-order valence-electron chi connectivity index (χ4n) is 3.04. The van der Waals surface area contributed by atoms with Gasteiger partial charge in [0.05, 0.1) is 0 Å². The Morgan fingerprint density at radius 3 is 2.29 bits per heavy atom. The van der Waals surface area contributed by atoms with E-state index in [9.17, 15) is 4.79 Å². The molecule has 0 amide bonds. The number of benzene rings is 1. The van der Waals surface area contributed by atoms with Gasteiger partial charge in [0.1, 0.15) is 6.54 Å². The van der Waals surface area contributed by atoms with Crippen molar-refractivity contribution in [3.63, 3.8) is 0 Å². The van der Waals surface area contributed by atoms with Crippen LogP contribution < -0.4 is 4.90 Å². The topological polar surface area (TPSA) is 48.0 Å². The average Bonchev–Trinajstić information content (AvgIpc) is 2.60. The predicted molar refractivity (Wildman–Crippen MR) is 122 cm³/mol. The number of carbonyl (C=O) groups excluding carboxylic acids is 1. The van der Waals surface area contributed by atoms with Crippen molar-refractivity contribution in [2.24, 2.45) is 0 Å². The molecule has 2 unspecified atom stereocenters. The number of hydrogen-bond acceptors (Lipinski definition) is 5. The minimum absolute atomic E-state index is 0.149. The monoisotopic (exact) mass is 425 g/mol. The average molecular weight is 426 g/mol. The maximum Gasteiger partial charge on any atom is 0.335 e. The van der Waals surface area contributed by atoms with Crippen molar-refractivity contribution in [1.29, 1.82) is 0 Å². The van der Waals surface area contributed by atoms with Gasteiger partial charge in [0.2, 0.25) is 8.32 Å². The summed E-state index contributed by atoms with van der Waals surface area (Å²) in [5.74, 6) is -0.149. The molecule has 5 nitrogen and oxygen atoms in total. The summed E-state index contributed by atoms with van der Waals surface area (Å²) in [7, 11) is -4.11. The quantitative estimate of drug-likeness (QED) is 0.407. The SMILES string of the molecule is CCO[Si](C)(CCCN(CC(=O)O[Si](C)(C)C)c1ccccc1)OC(C)CC. The van der Waals surface area contributed by atoms with Crippen LogP contribution in [0.4, 0.5) is 5.69 Å².